The number of carbonyl (C=O) groups is 1. The van der Waals surface area contributed by atoms with Gasteiger partial charge in [0.15, 0.2) is 0 Å². The molecule has 27 heavy (non-hydrogen) atoms. The first-order valence-corrected chi connectivity index (χ1v) is 9.49. The van der Waals surface area contributed by atoms with Crippen LogP contribution in [0, 0.1) is 0 Å². The van der Waals surface area contributed by atoms with Crippen molar-refractivity contribution >= 4 is 23.4 Å². The number of nitrogens with one attached hydrogen (secondary N) is 1. The number of hydrogen-bond acceptors (Lipinski definition) is 4. The second-order valence-corrected chi connectivity index (χ2v) is 6.84. The van der Waals surface area contributed by atoms with Crippen LogP contribution in [-0.2, 0) is 5.75 Å². The van der Waals surface area contributed by atoms with Crippen LogP contribution in [-0.4, -0.2) is 20.1 Å². The number of rotatable bonds is 7. The van der Waals surface area contributed by atoms with Crippen LogP contribution < -0.4 is 14.8 Å². The van der Waals surface area contributed by atoms with Gasteiger partial charge in [0, 0.05) is 16.3 Å². The summed E-state index contributed by atoms with van der Waals surface area (Å²) < 4.78 is 10.6. The normalized spacial score (nSPS) is 10.3. The third kappa shape index (κ3) is 4.83. The van der Waals surface area contributed by atoms with E-state index in [1.807, 2.05) is 42.5 Å². The van der Waals surface area contributed by atoms with Crippen molar-refractivity contribution in [2.75, 3.05) is 19.5 Å². The zero-order chi connectivity index (χ0) is 19.1. The molecule has 1 N–H and O–H groups in total. The summed E-state index contributed by atoms with van der Waals surface area (Å²) in [7, 11) is 3.06. The number of ether oxygens (including phenoxy) is 2. The fraction of sp³-hybridized carbons (Fsp3) is 0.136. The Bertz CT molecular complexity index is 873. The Morgan fingerprint density at radius 3 is 2.07 bits per heavy atom. The maximum absolute atomic E-state index is 12.7. The fourth-order valence-electron chi connectivity index (χ4n) is 2.64. The molecule has 3 aromatic rings. The molecule has 4 nitrogen and oxygen atoms in total. The predicted molar refractivity (Wildman–Crippen MR) is 110 cm³/mol. The quantitative estimate of drug-likeness (QED) is 0.570. The van der Waals surface area contributed by atoms with Gasteiger partial charge in [-0.1, -0.05) is 36.4 Å². The van der Waals surface area contributed by atoms with E-state index in [1.54, 1.807) is 30.0 Å². The molecule has 0 aliphatic heterocycles. The van der Waals surface area contributed by atoms with Crippen molar-refractivity contribution in [2.45, 2.75) is 10.6 Å². The number of hydrogen-bond donors (Lipinski definition) is 1. The minimum atomic E-state index is -0.269. The number of thioether (sulfide) groups is 1. The minimum Gasteiger partial charge on any atom is -0.496 e. The van der Waals surface area contributed by atoms with Gasteiger partial charge in [0.25, 0.3) is 5.91 Å². The highest BCUT2D eigenvalue weighted by Crippen LogP contribution is 2.29. The lowest BCUT2D eigenvalue weighted by atomic mass is 10.1. The molecule has 3 rings (SSSR count). The van der Waals surface area contributed by atoms with Crippen LogP contribution >= 0.6 is 11.8 Å². The molecule has 0 atom stereocenters. The molecule has 0 aromatic heterocycles. The monoisotopic (exact) mass is 379 g/mol. The molecule has 1 amide bonds. The van der Waals surface area contributed by atoms with Crippen molar-refractivity contribution < 1.29 is 14.3 Å². The summed E-state index contributed by atoms with van der Waals surface area (Å²) in [5.41, 5.74) is 2.38. The summed E-state index contributed by atoms with van der Waals surface area (Å²) in [6.07, 6.45) is 0. The summed E-state index contributed by atoms with van der Waals surface area (Å²) in [5.74, 6) is 1.59. The summed E-state index contributed by atoms with van der Waals surface area (Å²) in [5, 5.41) is 2.90. The van der Waals surface area contributed by atoms with Gasteiger partial charge in [-0.2, -0.15) is 0 Å². The lowest BCUT2D eigenvalue weighted by molar-refractivity contribution is 0.102. The SMILES string of the molecule is COc1cccc(OC)c1C(=O)Nc1ccc(SCc2ccccc2)cc1. The first-order valence-electron chi connectivity index (χ1n) is 8.50. The molecule has 0 aliphatic rings. The highest BCUT2D eigenvalue weighted by molar-refractivity contribution is 7.98. The van der Waals surface area contributed by atoms with Gasteiger partial charge >= 0.3 is 0 Å². The Balaban J connectivity index is 1.67. The number of benzene rings is 3. The lowest BCUT2D eigenvalue weighted by Crippen LogP contribution is -2.14. The maximum atomic E-state index is 12.7. The summed E-state index contributed by atoms with van der Waals surface area (Å²) >= 11 is 1.76. The van der Waals surface area contributed by atoms with Gasteiger partial charge in [0.1, 0.15) is 17.1 Å². The molecule has 0 bridgehead atoms. The van der Waals surface area contributed by atoms with Crippen LogP contribution in [0.4, 0.5) is 5.69 Å². The summed E-state index contributed by atoms with van der Waals surface area (Å²) in [6.45, 7) is 0. The van der Waals surface area contributed by atoms with Crippen LogP contribution in [0.5, 0.6) is 11.5 Å². The van der Waals surface area contributed by atoms with E-state index < -0.39 is 0 Å². The van der Waals surface area contributed by atoms with Crippen LogP contribution in [0.15, 0.2) is 77.7 Å². The molecule has 0 saturated carbocycles. The molecular formula is C22H21NO3S. The Morgan fingerprint density at radius 2 is 1.48 bits per heavy atom. The van der Waals surface area contributed by atoms with E-state index in [-0.39, 0.29) is 5.91 Å². The van der Waals surface area contributed by atoms with E-state index in [2.05, 4.69) is 17.4 Å². The molecule has 0 aliphatic carbocycles. The van der Waals surface area contributed by atoms with Crippen molar-refractivity contribution in [1.29, 1.82) is 0 Å². The minimum absolute atomic E-state index is 0.269. The van der Waals surface area contributed by atoms with E-state index >= 15 is 0 Å². The average Bonchev–Trinajstić information content (AvgIpc) is 2.73. The van der Waals surface area contributed by atoms with E-state index in [0.717, 1.165) is 16.3 Å². The lowest BCUT2D eigenvalue weighted by Gasteiger charge is -2.13. The Kier molecular flexibility index (Phi) is 6.39. The number of anilines is 1. The van der Waals surface area contributed by atoms with Gasteiger partial charge in [0.05, 0.1) is 14.2 Å². The fourth-order valence-corrected chi connectivity index (χ4v) is 3.50. The van der Waals surface area contributed by atoms with E-state index in [9.17, 15) is 4.79 Å². The van der Waals surface area contributed by atoms with E-state index in [0.29, 0.717) is 17.1 Å². The summed E-state index contributed by atoms with van der Waals surface area (Å²) in [6, 6.07) is 23.4. The molecule has 0 spiro atoms. The van der Waals surface area contributed by atoms with Crippen molar-refractivity contribution in [3.05, 3.63) is 83.9 Å². The molecule has 0 radical (unpaired) electrons. The van der Waals surface area contributed by atoms with Gasteiger partial charge in [-0.15, -0.1) is 11.8 Å². The predicted octanol–water partition coefficient (Wildman–Crippen LogP) is 5.25. The van der Waals surface area contributed by atoms with Gasteiger partial charge < -0.3 is 14.8 Å². The largest absolute Gasteiger partial charge is 0.496 e. The topological polar surface area (TPSA) is 47.6 Å². The third-order valence-electron chi connectivity index (χ3n) is 4.02. The molecule has 138 valence electrons. The Morgan fingerprint density at radius 1 is 0.852 bits per heavy atom. The van der Waals surface area contributed by atoms with Gasteiger partial charge in [-0.25, -0.2) is 0 Å². The molecule has 0 saturated heterocycles. The van der Waals surface area contributed by atoms with Gasteiger partial charge in [-0.05, 0) is 42.0 Å². The third-order valence-corrected chi connectivity index (χ3v) is 5.10. The zero-order valence-corrected chi connectivity index (χ0v) is 16.1. The van der Waals surface area contributed by atoms with Crippen LogP contribution in [0.3, 0.4) is 0 Å². The van der Waals surface area contributed by atoms with E-state index in [1.165, 1.54) is 19.8 Å². The maximum Gasteiger partial charge on any atom is 0.263 e. The number of amides is 1. The molecule has 0 fully saturated rings. The highest BCUT2D eigenvalue weighted by atomic mass is 32.2. The second-order valence-electron chi connectivity index (χ2n) is 5.79. The second kappa shape index (κ2) is 9.14. The van der Waals surface area contributed by atoms with Crippen LogP contribution in [0.25, 0.3) is 0 Å². The molecule has 0 unspecified atom stereocenters. The standard InChI is InChI=1S/C22H21NO3S/c1-25-19-9-6-10-20(26-2)21(19)22(24)23-17-11-13-18(14-12-17)27-15-16-7-4-3-5-8-16/h3-14H,15H2,1-2H3,(H,23,24). The van der Waals surface area contributed by atoms with Crippen LogP contribution in [0.2, 0.25) is 0 Å². The molecule has 5 heteroatoms. The van der Waals surface area contributed by atoms with Gasteiger partial charge in [-0.3, -0.25) is 4.79 Å². The van der Waals surface area contributed by atoms with Crippen molar-refractivity contribution in [2.24, 2.45) is 0 Å². The number of carbonyl (C=O) groups excluding carboxylic acids is 1. The summed E-state index contributed by atoms with van der Waals surface area (Å²) in [4.78, 5) is 13.8. The van der Waals surface area contributed by atoms with Gasteiger partial charge in [0.2, 0.25) is 0 Å². The molecule has 0 heterocycles. The van der Waals surface area contributed by atoms with Crippen molar-refractivity contribution in [1.82, 2.24) is 0 Å². The Labute approximate surface area is 163 Å². The first-order chi connectivity index (χ1) is 13.2. The van der Waals surface area contributed by atoms with E-state index in [4.69, 9.17) is 9.47 Å². The first kappa shape index (κ1) is 18.9. The van der Waals surface area contributed by atoms with Crippen LogP contribution in [0.1, 0.15) is 15.9 Å². The Hall–Kier alpha value is -2.92. The van der Waals surface area contributed by atoms with Crippen molar-refractivity contribution in [3.8, 4) is 11.5 Å². The number of methoxy groups -OCH3 is 2. The smallest absolute Gasteiger partial charge is 0.263 e. The van der Waals surface area contributed by atoms with Crippen molar-refractivity contribution in [3.63, 3.8) is 0 Å². The average molecular weight is 379 g/mol. The zero-order valence-electron chi connectivity index (χ0n) is 15.3. The molecular weight excluding hydrogens is 358 g/mol. The molecule has 3 aromatic carbocycles. The highest BCUT2D eigenvalue weighted by Gasteiger charge is 2.18.